The highest BCUT2D eigenvalue weighted by Gasteiger charge is 2.50. The highest BCUT2D eigenvalue weighted by Crippen LogP contribution is 2.56. The van der Waals surface area contributed by atoms with E-state index in [1.165, 1.54) is 31.2 Å². The van der Waals surface area contributed by atoms with Crippen LogP contribution >= 0.6 is 0 Å². The molecule has 0 bridgehead atoms. The third-order valence-electron chi connectivity index (χ3n) is 4.94. The topological polar surface area (TPSA) is 30.5 Å². The molecular formula is C18H27NO2. The van der Waals surface area contributed by atoms with Crippen molar-refractivity contribution in [3.63, 3.8) is 0 Å². The summed E-state index contributed by atoms with van der Waals surface area (Å²) in [5.74, 6) is 1.65. The number of benzene rings is 1. The molecule has 1 aromatic rings. The normalized spacial score (nSPS) is 22.5. The number of rotatable bonds is 6. The first-order chi connectivity index (χ1) is 9.98. The maximum absolute atomic E-state index is 5.49. The van der Waals surface area contributed by atoms with Crippen molar-refractivity contribution in [2.24, 2.45) is 5.41 Å². The Morgan fingerprint density at radius 1 is 1.10 bits per heavy atom. The van der Waals surface area contributed by atoms with Crippen LogP contribution in [0.1, 0.15) is 45.1 Å². The highest BCUT2D eigenvalue weighted by atomic mass is 16.5. The van der Waals surface area contributed by atoms with E-state index in [9.17, 15) is 0 Å². The molecule has 3 rings (SSSR count). The number of ether oxygens (including phenoxy) is 2. The molecule has 21 heavy (non-hydrogen) atoms. The molecule has 2 aliphatic rings. The van der Waals surface area contributed by atoms with E-state index in [1.54, 1.807) is 14.2 Å². The SMILES string of the molecule is COc1ccc(C2(CNC3CC3)CC(C)(C)C2)cc1OC. The fourth-order valence-corrected chi connectivity index (χ4v) is 4.00. The van der Waals surface area contributed by atoms with E-state index in [0.717, 1.165) is 24.1 Å². The first kappa shape index (κ1) is 14.7. The quantitative estimate of drug-likeness (QED) is 0.869. The van der Waals surface area contributed by atoms with Gasteiger partial charge < -0.3 is 14.8 Å². The predicted octanol–water partition coefficient (Wildman–Crippen LogP) is 3.51. The Morgan fingerprint density at radius 2 is 1.76 bits per heavy atom. The summed E-state index contributed by atoms with van der Waals surface area (Å²) < 4.78 is 10.8. The van der Waals surface area contributed by atoms with E-state index < -0.39 is 0 Å². The molecule has 3 heteroatoms. The molecule has 0 amide bonds. The molecule has 3 nitrogen and oxygen atoms in total. The molecule has 0 atom stereocenters. The zero-order chi connectivity index (χ0) is 15.1. The van der Waals surface area contributed by atoms with Gasteiger partial charge >= 0.3 is 0 Å². The van der Waals surface area contributed by atoms with Gasteiger partial charge in [-0.1, -0.05) is 19.9 Å². The highest BCUT2D eigenvalue weighted by molar-refractivity contribution is 5.46. The van der Waals surface area contributed by atoms with Crippen molar-refractivity contribution in [2.75, 3.05) is 20.8 Å². The maximum atomic E-state index is 5.49. The minimum Gasteiger partial charge on any atom is -0.493 e. The minimum atomic E-state index is 0.256. The lowest BCUT2D eigenvalue weighted by molar-refractivity contribution is 0.0558. The van der Waals surface area contributed by atoms with Crippen molar-refractivity contribution in [1.29, 1.82) is 0 Å². The number of hydrogen-bond donors (Lipinski definition) is 1. The Hall–Kier alpha value is -1.22. The third-order valence-corrected chi connectivity index (χ3v) is 4.94. The molecule has 0 radical (unpaired) electrons. The Bertz CT molecular complexity index is 512. The molecule has 0 unspecified atom stereocenters. The number of methoxy groups -OCH3 is 2. The summed E-state index contributed by atoms with van der Waals surface area (Å²) in [6.45, 7) is 5.81. The predicted molar refractivity (Wildman–Crippen MR) is 85.3 cm³/mol. The van der Waals surface area contributed by atoms with Gasteiger partial charge in [-0.3, -0.25) is 0 Å². The second-order valence-corrected chi connectivity index (χ2v) is 7.52. The van der Waals surface area contributed by atoms with E-state index in [0.29, 0.717) is 5.41 Å². The van der Waals surface area contributed by atoms with Gasteiger partial charge in [-0.15, -0.1) is 0 Å². The molecule has 2 fully saturated rings. The van der Waals surface area contributed by atoms with Crippen LogP contribution in [-0.2, 0) is 5.41 Å². The van der Waals surface area contributed by atoms with Gasteiger partial charge in [0.25, 0.3) is 0 Å². The van der Waals surface area contributed by atoms with Crippen molar-refractivity contribution >= 4 is 0 Å². The van der Waals surface area contributed by atoms with Crippen LogP contribution in [0.4, 0.5) is 0 Å². The van der Waals surface area contributed by atoms with Crippen LogP contribution in [0, 0.1) is 5.41 Å². The molecule has 0 saturated heterocycles. The lowest BCUT2D eigenvalue weighted by atomic mass is 9.52. The molecule has 1 aromatic carbocycles. The summed E-state index contributed by atoms with van der Waals surface area (Å²) in [5.41, 5.74) is 2.08. The average Bonchev–Trinajstić information content (AvgIpc) is 3.26. The zero-order valence-corrected chi connectivity index (χ0v) is 13.7. The van der Waals surface area contributed by atoms with Gasteiger partial charge in [-0.25, -0.2) is 0 Å². The molecule has 0 aliphatic heterocycles. The largest absolute Gasteiger partial charge is 0.493 e. The van der Waals surface area contributed by atoms with Crippen molar-refractivity contribution < 1.29 is 9.47 Å². The smallest absolute Gasteiger partial charge is 0.161 e. The van der Waals surface area contributed by atoms with Crippen LogP contribution in [0.3, 0.4) is 0 Å². The fraction of sp³-hybridized carbons (Fsp3) is 0.667. The van der Waals surface area contributed by atoms with Crippen LogP contribution in [0.5, 0.6) is 11.5 Å². The number of nitrogens with one attached hydrogen (secondary N) is 1. The van der Waals surface area contributed by atoms with Gasteiger partial charge in [0.1, 0.15) is 0 Å². The van der Waals surface area contributed by atoms with Gasteiger partial charge in [-0.2, -0.15) is 0 Å². The Morgan fingerprint density at radius 3 is 2.29 bits per heavy atom. The van der Waals surface area contributed by atoms with E-state index in [2.05, 4.69) is 31.3 Å². The fourth-order valence-electron chi connectivity index (χ4n) is 4.00. The van der Waals surface area contributed by atoms with Crippen LogP contribution in [0.2, 0.25) is 0 Å². The van der Waals surface area contributed by atoms with Crippen LogP contribution in [-0.4, -0.2) is 26.8 Å². The maximum Gasteiger partial charge on any atom is 0.161 e. The van der Waals surface area contributed by atoms with Crippen LogP contribution < -0.4 is 14.8 Å². The number of hydrogen-bond acceptors (Lipinski definition) is 3. The molecule has 0 aromatic heterocycles. The van der Waals surface area contributed by atoms with Crippen LogP contribution in [0.15, 0.2) is 18.2 Å². The Balaban J connectivity index is 1.85. The second-order valence-electron chi connectivity index (χ2n) is 7.52. The minimum absolute atomic E-state index is 0.256. The average molecular weight is 289 g/mol. The summed E-state index contributed by atoms with van der Waals surface area (Å²) >= 11 is 0. The Labute approximate surface area is 128 Å². The first-order valence-corrected chi connectivity index (χ1v) is 7.94. The van der Waals surface area contributed by atoms with Crippen molar-refractivity contribution in [1.82, 2.24) is 5.32 Å². The molecular weight excluding hydrogens is 262 g/mol. The lowest BCUT2D eigenvalue weighted by Crippen LogP contribution is -2.52. The summed E-state index contributed by atoms with van der Waals surface area (Å²) in [7, 11) is 3.40. The first-order valence-electron chi connectivity index (χ1n) is 7.94. The summed E-state index contributed by atoms with van der Waals surface area (Å²) in [5, 5.41) is 3.73. The summed E-state index contributed by atoms with van der Waals surface area (Å²) in [6, 6.07) is 7.18. The van der Waals surface area contributed by atoms with E-state index in [-0.39, 0.29) is 5.41 Å². The van der Waals surface area contributed by atoms with E-state index >= 15 is 0 Å². The van der Waals surface area contributed by atoms with E-state index in [1.807, 2.05) is 6.07 Å². The molecule has 116 valence electrons. The van der Waals surface area contributed by atoms with Crippen molar-refractivity contribution in [3.05, 3.63) is 23.8 Å². The van der Waals surface area contributed by atoms with Gasteiger partial charge in [0, 0.05) is 18.0 Å². The Kier molecular flexibility index (Phi) is 3.64. The molecule has 2 aliphatic carbocycles. The monoisotopic (exact) mass is 289 g/mol. The van der Waals surface area contributed by atoms with E-state index in [4.69, 9.17) is 9.47 Å². The van der Waals surface area contributed by atoms with Crippen molar-refractivity contribution in [3.8, 4) is 11.5 Å². The van der Waals surface area contributed by atoms with Crippen LogP contribution in [0.25, 0.3) is 0 Å². The summed E-state index contributed by atoms with van der Waals surface area (Å²) in [6.07, 6.45) is 5.14. The van der Waals surface area contributed by atoms with Crippen molar-refractivity contribution in [2.45, 2.75) is 51.0 Å². The third kappa shape index (κ3) is 2.89. The molecule has 2 saturated carbocycles. The van der Waals surface area contributed by atoms with Gasteiger partial charge in [0.05, 0.1) is 14.2 Å². The van der Waals surface area contributed by atoms with Gasteiger partial charge in [0.15, 0.2) is 11.5 Å². The molecule has 0 heterocycles. The van der Waals surface area contributed by atoms with Gasteiger partial charge in [-0.05, 0) is 48.8 Å². The second kappa shape index (κ2) is 5.20. The molecule has 1 N–H and O–H groups in total. The molecule has 0 spiro atoms. The lowest BCUT2D eigenvalue weighted by Gasteiger charge is -2.54. The zero-order valence-electron chi connectivity index (χ0n) is 13.7. The van der Waals surface area contributed by atoms with Gasteiger partial charge in [0.2, 0.25) is 0 Å². The standard InChI is InChI=1S/C18H27NO2/c1-17(2)10-18(11-17,12-19-14-6-7-14)13-5-8-15(20-3)16(9-13)21-4/h5,8-9,14,19H,6-7,10-12H2,1-4H3. The summed E-state index contributed by atoms with van der Waals surface area (Å²) in [4.78, 5) is 0.